The van der Waals surface area contributed by atoms with Gasteiger partial charge < -0.3 is 5.32 Å². The second-order valence-corrected chi connectivity index (χ2v) is 5.16. The molecular formula is C15H21N5O. The minimum atomic E-state index is 0.00704. The number of hydrazone groups is 1. The Morgan fingerprint density at radius 1 is 1.19 bits per heavy atom. The topological polar surface area (TPSA) is 78.2 Å². The van der Waals surface area contributed by atoms with Gasteiger partial charge in [-0.2, -0.15) is 15.8 Å². The van der Waals surface area contributed by atoms with Crippen LogP contribution in [0.3, 0.4) is 0 Å². The summed E-state index contributed by atoms with van der Waals surface area (Å²) in [5.41, 5.74) is 3.97. The molecule has 2 rings (SSSR count). The van der Waals surface area contributed by atoms with Gasteiger partial charge in [0, 0.05) is 18.3 Å². The van der Waals surface area contributed by atoms with Gasteiger partial charge in [0.05, 0.1) is 6.54 Å². The van der Waals surface area contributed by atoms with E-state index in [1.165, 1.54) is 19.3 Å². The Morgan fingerprint density at radius 2 is 1.90 bits per heavy atom. The Kier molecular flexibility index (Phi) is 5.87. The van der Waals surface area contributed by atoms with E-state index in [0.29, 0.717) is 18.2 Å². The maximum atomic E-state index is 12.1. The molecule has 1 amide bonds. The predicted octanol–water partition coefficient (Wildman–Crippen LogP) is 2.82. The Balaban J connectivity index is 1.85. The van der Waals surface area contributed by atoms with Crippen molar-refractivity contribution in [3.05, 3.63) is 35.4 Å². The minimum absolute atomic E-state index is 0.00704. The maximum Gasteiger partial charge on any atom is 0.251 e. The van der Waals surface area contributed by atoms with Gasteiger partial charge in [-0.1, -0.05) is 36.6 Å². The van der Waals surface area contributed by atoms with Crippen molar-refractivity contribution < 1.29 is 4.79 Å². The van der Waals surface area contributed by atoms with Crippen LogP contribution in [0.15, 0.2) is 39.7 Å². The first-order valence-corrected chi connectivity index (χ1v) is 7.26. The number of carbonyl (C=O) groups is 1. The molecule has 21 heavy (non-hydrogen) atoms. The number of rotatable bonds is 6. The monoisotopic (exact) mass is 287 g/mol. The van der Waals surface area contributed by atoms with E-state index in [0.717, 1.165) is 18.4 Å². The van der Waals surface area contributed by atoms with E-state index >= 15 is 0 Å². The lowest BCUT2D eigenvalue weighted by molar-refractivity contribution is 0.0927. The van der Waals surface area contributed by atoms with E-state index in [-0.39, 0.29) is 5.91 Å². The fraction of sp³-hybridized carbons (Fsp3) is 0.467. The third kappa shape index (κ3) is 4.98. The zero-order valence-electron chi connectivity index (χ0n) is 12.1. The van der Waals surface area contributed by atoms with Crippen molar-refractivity contribution in [2.45, 2.75) is 44.7 Å². The highest BCUT2D eigenvalue weighted by molar-refractivity contribution is 5.94. The molecule has 0 bridgehead atoms. The summed E-state index contributed by atoms with van der Waals surface area (Å²) < 4.78 is 0. The van der Waals surface area contributed by atoms with Crippen LogP contribution in [-0.4, -0.2) is 18.7 Å². The quantitative estimate of drug-likeness (QED) is 0.479. The molecule has 0 radical (unpaired) electrons. The van der Waals surface area contributed by atoms with Gasteiger partial charge in [0.1, 0.15) is 0 Å². The molecule has 0 aromatic heterocycles. The van der Waals surface area contributed by atoms with Gasteiger partial charge in [-0.25, -0.2) is 0 Å². The van der Waals surface area contributed by atoms with Gasteiger partial charge in [-0.05, 0) is 30.5 Å². The molecule has 1 aliphatic rings. The van der Waals surface area contributed by atoms with Crippen LogP contribution in [0.4, 0.5) is 0 Å². The first-order chi connectivity index (χ1) is 10.3. The average molecular weight is 287 g/mol. The molecule has 0 unspecified atom stereocenters. The molecule has 0 spiro atoms. The highest BCUT2D eigenvalue weighted by atomic mass is 16.1. The first-order valence-electron chi connectivity index (χ1n) is 7.26. The molecule has 0 aliphatic heterocycles. The Labute approximate surface area is 124 Å². The standard InChI is InChI=1S/C15H21N5O/c1-16-19-20-17-11-12-7-9-13(10-8-12)15(21)18-14-5-3-2-4-6-14/h7-10,14H,1-6,11H2,(H,17,19)(H,18,21). The van der Waals surface area contributed by atoms with Crippen LogP contribution in [0, 0.1) is 0 Å². The van der Waals surface area contributed by atoms with Gasteiger partial charge in [0.15, 0.2) is 0 Å². The summed E-state index contributed by atoms with van der Waals surface area (Å²) in [6.45, 7) is 3.66. The molecule has 0 heterocycles. The smallest absolute Gasteiger partial charge is 0.251 e. The van der Waals surface area contributed by atoms with Crippen LogP contribution >= 0.6 is 0 Å². The number of hydrogen-bond donors (Lipinski definition) is 2. The second-order valence-electron chi connectivity index (χ2n) is 5.16. The lowest BCUT2D eigenvalue weighted by Crippen LogP contribution is -2.36. The van der Waals surface area contributed by atoms with Gasteiger partial charge >= 0.3 is 0 Å². The molecular weight excluding hydrogens is 266 g/mol. The summed E-state index contributed by atoms with van der Waals surface area (Å²) in [5, 5.41) is 13.9. The van der Waals surface area contributed by atoms with E-state index in [1.54, 1.807) is 0 Å². The second kappa shape index (κ2) is 8.14. The van der Waals surface area contributed by atoms with Gasteiger partial charge in [-0.15, -0.1) is 0 Å². The van der Waals surface area contributed by atoms with Crippen molar-refractivity contribution in [3.8, 4) is 0 Å². The van der Waals surface area contributed by atoms with Crippen LogP contribution in [0.5, 0.6) is 0 Å². The van der Waals surface area contributed by atoms with Crippen molar-refractivity contribution in [2.24, 2.45) is 15.4 Å². The molecule has 2 N–H and O–H groups in total. The van der Waals surface area contributed by atoms with Crippen LogP contribution in [0.2, 0.25) is 0 Å². The molecule has 1 saturated carbocycles. The first kappa shape index (κ1) is 15.2. The summed E-state index contributed by atoms with van der Waals surface area (Å²) in [6.07, 6.45) is 5.89. The third-order valence-electron chi connectivity index (χ3n) is 3.60. The summed E-state index contributed by atoms with van der Waals surface area (Å²) in [4.78, 5) is 12.1. The fourth-order valence-corrected chi connectivity index (χ4v) is 2.46. The lowest BCUT2D eigenvalue weighted by atomic mass is 9.95. The van der Waals surface area contributed by atoms with Crippen LogP contribution in [-0.2, 0) is 6.54 Å². The van der Waals surface area contributed by atoms with Crippen molar-refractivity contribution in [1.29, 1.82) is 0 Å². The number of amides is 1. The van der Waals surface area contributed by atoms with Crippen molar-refractivity contribution >= 4 is 12.6 Å². The molecule has 1 aromatic carbocycles. The van der Waals surface area contributed by atoms with Gasteiger partial charge in [-0.3, -0.25) is 4.79 Å². The Hall–Kier alpha value is -2.24. The van der Waals surface area contributed by atoms with Gasteiger partial charge in [0.2, 0.25) is 0 Å². The van der Waals surface area contributed by atoms with Crippen LogP contribution in [0.25, 0.3) is 0 Å². The van der Waals surface area contributed by atoms with Crippen LogP contribution in [0.1, 0.15) is 48.0 Å². The molecule has 1 fully saturated rings. The number of nitrogens with one attached hydrogen (secondary N) is 2. The molecule has 1 aromatic rings. The Bertz CT molecular complexity index is 491. The number of benzene rings is 1. The number of carbonyl (C=O) groups excluding carboxylic acids is 1. The Morgan fingerprint density at radius 3 is 2.57 bits per heavy atom. The molecule has 6 heteroatoms. The molecule has 6 nitrogen and oxygen atoms in total. The molecule has 1 aliphatic carbocycles. The summed E-state index contributed by atoms with van der Waals surface area (Å²) in [7, 11) is 0. The van der Waals surface area contributed by atoms with E-state index in [2.05, 4.69) is 33.0 Å². The van der Waals surface area contributed by atoms with Crippen molar-refractivity contribution in [2.75, 3.05) is 0 Å². The fourth-order valence-electron chi connectivity index (χ4n) is 2.46. The molecule has 112 valence electrons. The summed E-state index contributed by atoms with van der Waals surface area (Å²) in [6, 6.07) is 7.74. The van der Waals surface area contributed by atoms with Crippen LogP contribution < -0.4 is 10.9 Å². The predicted molar refractivity (Wildman–Crippen MR) is 82.0 cm³/mol. The van der Waals surface area contributed by atoms with Gasteiger partial charge in [0.25, 0.3) is 5.91 Å². The SMILES string of the molecule is C=NNN=NCc1ccc(C(=O)NC2CCCCC2)cc1. The van der Waals surface area contributed by atoms with E-state index in [1.807, 2.05) is 24.3 Å². The summed E-state index contributed by atoms with van der Waals surface area (Å²) in [5.74, 6) is 0.00704. The summed E-state index contributed by atoms with van der Waals surface area (Å²) >= 11 is 0. The number of nitrogens with zero attached hydrogens (tertiary/aromatic N) is 3. The van der Waals surface area contributed by atoms with E-state index in [9.17, 15) is 4.79 Å². The minimum Gasteiger partial charge on any atom is -0.349 e. The lowest BCUT2D eigenvalue weighted by Gasteiger charge is -2.22. The van der Waals surface area contributed by atoms with E-state index < -0.39 is 0 Å². The highest BCUT2D eigenvalue weighted by Crippen LogP contribution is 2.18. The highest BCUT2D eigenvalue weighted by Gasteiger charge is 2.16. The maximum absolute atomic E-state index is 12.1. The third-order valence-corrected chi connectivity index (χ3v) is 3.60. The molecule has 0 saturated heterocycles. The van der Waals surface area contributed by atoms with E-state index in [4.69, 9.17) is 0 Å². The molecule has 0 atom stereocenters. The zero-order valence-corrected chi connectivity index (χ0v) is 12.1. The zero-order chi connectivity index (χ0) is 14.9. The largest absolute Gasteiger partial charge is 0.349 e. The normalized spacial score (nSPS) is 15.8. The van der Waals surface area contributed by atoms with Crippen molar-refractivity contribution in [1.82, 2.24) is 10.9 Å². The van der Waals surface area contributed by atoms with Crippen molar-refractivity contribution in [3.63, 3.8) is 0 Å². The average Bonchev–Trinajstić information content (AvgIpc) is 2.53. The number of hydrogen-bond acceptors (Lipinski definition) is 4.